The topological polar surface area (TPSA) is 158 Å². The van der Waals surface area contributed by atoms with Crippen LogP contribution in [0.3, 0.4) is 0 Å². The van der Waals surface area contributed by atoms with Gasteiger partial charge < -0.3 is 28.4 Å². The van der Waals surface area contributed by atoms with Crippen LogP contribution in [0.25, 0.3) is 12.2 Å². The number of rotatable bonds is 20. The zero-order valence-electron chi connectivity index (χ0n) is 32.1. The third-order valence-corrected chi connectivity index (χ3v) is 8.30. The number of methoxy groups -OCH3 is 2. The maximum atomic E-state index is 12.7. The predicted molar refractivity (Wildman–Crippen MR) is 210 cm³/mol. The second-order valence-corrected chi connectivity index (χ2v) is 12.9. The number of ether oxygens (including phenoxy) is 6. The van der Waals surface area contributed by atoms with Crippen LogP contribution in [0, 0.1) is 11.8 Å². The zero-order valence-corrected chi connectivity index (χ0v) is 32.1. The molecule has 0 amide bonds. The molecule has 0 aliphatic carbocycles. The Kier molecular flexibility index (Phi) is 16.5. The van der Waals surface area contributed by atoms with Gasteiger partial charge in [0.05, 0.1) is 45.3 Å². The van der Waals surface area contributed by atoms with Crippen LogP contribution >= 0.6 is 0 Å². The minimum absolute atomic E-state index is 0.101. The van der Waals surface area contributed by atoms with Crippen LogP contribution in [-0.2, 0) is 51.5 Å². The number of esters is 4. The minimum atomic E-state index is -0.780. The highest BCUT2D eigenvalue weighted by molar-refractivity contribution is 6.11. The Bertz CT molecular complexity index is 1940. The molecule has 0 unspecified atom stereocenters. The molecule has 4 aromatic carbocycles. The summed E-state index contributed by atoms with van der Waals surface area (Å²) in [4.78, 5) is 75.1. The monoisotopic (exact) mass is 776 g/mol. The van der Waals surface area contributed by atoms with E-state index < -0.39 is 53.7 Å². The standard InChI is InChI=1S/C45H44O12/c1-30(23-42(48)54-28-34-11-7-5-8-12-34)44(50)56-38-21-17-32(25-40(38)52-3)15-19-36(46)27-37(47)20-16-33-18-22-39(41(26-33)53-4)57-45(51)31(2)24-43(49)55-29-35-13-9-6-10-14-35/h5-22,25-26,30-31H,23-24,27-29H2,1-4H3/b19-15+,20-16+/t30-,31-/m1/s1. The van der Waals surface area contributed by atoms with Gasteiger partial charge in [-0.1, -0.05) is 98.8 Å². The van der Waals surface area contributed by atoms with E-state index in [1.807, 2.05) is 60.7 Å². The molecule has 0 bridgehead atoms. The van der Waals surface area contributed by atoms with Gasteiger partial charge in [0.2, 0.25) is 0 Å². The quantitative estimate of drug-likeness (QED) is 0.0382. The number of hydrogen-bond donors (Lipinski definition) is 0. The Labute approximate surface area is 331 Å². The summed E-state index contributed by atoms with van der Waals surface area (Å²) in [6, 6.07) is 27.7. The number of ketones is 2. The van der Waals surface area contributed by atoms with Crippen molar-refractivity contribution in [2.24, 2.45) is 11.8 Å². The van der Waals surface area contributed by atoms with Gasteiger partial charge in [-0.2, -0.15) is 0 Å². The maximum absolute atomic E-state index is 12.7. The number of hydrogen-bond acceptors (Lipinski definition) is 12. The Balaban J connectivity index is 1.23. The second kappa shape index (κ2) is 21.9. The van der Waals surface area contributed by atoms with E-state index in [4.69, 9.17) is 28.4 Å². The van der Waals surface area contributed by atoms with Gasteiger partial charge in [-0.3, -0.25) is 28.8 Å². The van der Waals surface area contributed by atoms with E-state index in [1.54, 1.807) is 38.1 Å². The molecule has 4 aromatic rings. The summed E-state index contributed by atoms with van der Waals surface area (Å²) in [5.41, 5.74) is 2.76. The summed E-state index contributed by atoms with van der Waals surface area (Å²) in [5.74, 6) is -4.12. The van der Waals surface area contributed by atoms with Crippen molar-refractivity contribution < 1.29 is 57.2 Å². The number of allylic oxidation sites excluding steroid dienone is 2. The predicted octanol–water partition coefficient (Wildman–Crippen LogP) is 7.31. The van der Waals surface area contributed by atoms with E-state index in [0.29, 0.717) is 11.1 Å². The average molecular weight is 777 g/mol. The van der Waals surface area contributed by atoms with Crippen molar-refractivity contribution in [3.63, 3.8) is 0 Å². The van der Waals surface area contributed by atoms with Crippen LogP contribution in [0.15, 0.2) is 109 Å². The number of carbonyl (C=O) groups excluding carboxylic acids is 6. The van der Waals surface area contributed by atoms with Gasteiger partial charge in [-0.05, 0) is 58.7 Å². The van der Waals surface area contributed by atoms with Crippen molar-refractivity contribution >= 4 is 47.6 Å². The summed E-state index contributed by atoms with van der Waals surface area (Å²) < 4.78 is 32.2. The van der Waals surface area contributed by atoms with Gasteiger partial charge >= 0.3 is 23.9 Å². The molecule has 0 aromatic heterocycles. The van der Waals surface area contributed by atoms with Gasteiger partial charge in [0.15, 0.2) is 34.6 Å². The molecule has 0 N–H and O–H groups in total. The van der Waals surface area contributed by atoms with Crippen molar-refractivity contribution in [2.75, 3.05) is 14.2 Å². The molecule has 0 saturated carbocycles. The van der Waals surface area contributed by atoms with Crippen LogP contribution < -0.4 is 18.9 Å². The summed E-state index contributed by atoms with van der Waals surface area (Å²) in [7, 11) is 2.79. The van der Waals surface area contributed by atoms with E-state index in [0.717, 1.165) is 11.1 Å². The smallest absolute Gasteiger partial charge is 0.314 e. The Morgan fingerprint density at radius 1 is 0.526 bits per heavy atom. The van der Waals surface area contributed by atoms with E-state index in [1.165, 1.54) is 50.7 Å². The fourth-order valence-electron chi connectivity index (χ4n) is 5.09. The van der Waals surface area contributed by atoms with Gasteiger partial charge in [-0.25, -0.2) is 0 Å². The normalized spacial score (nSPS) is 12.0. The molecule has 0 spiro atoms. The Morgan fingerprint density at radius 3 is 1.28 bits per heavy atom. The van der Waals surface area contributed by atoms with Gasteiger partial charge in [0.1, 0.15) is 13.2 Å². The van der Waals surface area contributed by atoms with E-state index in [-0.39, 0.29) is 49.1 Å². The van der Waals surface area contributed by atoms with Crippen LogP contribution in [0.2, 0.25) is 0 Å². The Morgan fingerprint density at radius 2 is 0.912 bits per heavy atom. The molecule has 0 radical (unpaired) electrons. The van der Waals surface area contributed by atoms with Gasteiger partial charge in [0.25, 0.3) is 0 Å². The molecular formula is C45H44O12. The first-order chi connectivity index (χ1) is 27.4. The van der Waals surface area contributed by atoms with Gasteiger partial charge in [-0.15, -0.1) is 0 Å². The third kappa shape index (κ3) is 14.4. The average Bonchev–Trinajstić information content (AvgIpc) is 3.21. The summed E-state index contributed by atoms with van der Waals surface area (Å²) in [6.45, 7) is 3.32. The Hall–Kier alpha value is -6.82. The lowest BCUT2D eigenvalue weighted by Crippen LogP contribution is -2.22. The molecule has 2 atom stereocenters. The zero-order chi connectivity index (χ0) is 41.2. The first-order valence-electron chi connectivity index (χ1n) is 18.0. The summed E-state index contributed by atoms with van der Waals surface area (Å²) in [5, 5.41) is 0. The van der Waals surface area contributed by atoms with Crippen molar-refractivity contribution in [3.05, 3.63) is 131 Å². The van der Waals surface area contributed by atoms with Crippen LogP contribution in [0.4, 0.5) is 0 Å². The van der Waals surface area contributed by atoms with Crippen LogP contribution in [0.1, 0.15) is 55.4 Å². The molecule has 0 heterocycles. The highest BCUT2D eigenvalue weighted by Crippen LogP contribution is 2.31. The van der Waals surface area contributed by atoms with Crippen molar-refractivity contribution in [1.82, 2.24) is 0 Å². The summed E-state index contributed by atoms with van der Waals surface area (Å²) in [6.07, 6.45) is 4.78. The highest BCUT2D eigenvalue weighted by Gasteiger charge is 2.23. The molecule has 57 heavy (non-hydrogen) atoms. The van der Waals surface area contributed by atoms with Crippen LogP contribution in [-0.4, -0.2) is 49.7 Å². The van der Waals surface area contributed by atoms with E-state index >= 15 is 0 Å². The highest BCUT2D eigenvalue weighted by atomic mass is 16.6. The lowest BCUT2D eigenvalue weighted by molar-refractivity contribution is -0.150. The van der Waals surface area contributed by atoms with Crippen molar-refractivity contribution in [3.8, 4) is 23.0 Å². The molecular weight excluding hydrogens is 732 g/mol. The minimum Gasteiger partial charge on any atom is -0.493 e. The second-order valence-electron chi connectivity index (χ2n) is 12.9. The number of carbonyl (C=O) groups is 6. The number of benzene rings is 4. The van der Waals surface area contributed by atoms with E-state index in [9.17, 15) is 28.8 Å². The molecule has 296 valence electrons. The lowest BCUT2D eigenvalue weighted by atomic mass is 10.1. The fourth-order valence-corrected chi connectivity index (χ4v) is 5.09. The molecule has 0 fully saturated rings. The SMILES string of the molecule is COc1cc(/C=C/C(=O)CC(=O)/C=C/c2ccc(OC(=O)[C@H](C)CC(=O)OCc3ccccc3)c(OC)c2)ccc1OC(=O)[C@H](C)CC(=O)OCc1ccccc1. The molecule has 12 heteroatoms. The molecule has 12 nitrogen and oxygen atoms in total. The maximum Gasteiger partial charge on any atom is 0.314 e. The van der Waals surface area contributed by atoms with Crippen molar-refractivity contribution in [1.29, 1.82) is 0 Å². The third-order valence-electron chi connectivity index (χ3n) is 8.30. The first kappa shape index (κ1) is 42.9. The fraction of sp³-hybridized carbons (Fsp3) is 0.244. The lowest BCUT2D eigenvalue weighted by Gasteiger charge is -2.13. The van der Waals surface area contributed by atoms with E-state index in [2.05, 4.69) is 0 Å². The van der Waals surface area contributed by atoms with Crippen LogP contribution in [0.5, 0.6) is 23.0 Å². The summed E-state index contributed by atoms with van der Waals surface area (Å²) >= 11 is 0. The first-order valence-corrected chi connectivity index (χ1v) is 18.0. The van der Waals surface area contributed by atoms with Gasteiger partial charge in [0, 0.05) is 0 Å². The van der Waals surface area contributed by atoms with Crippen molar-refractivity contribution in [2.45, 2.75) is 46.3 Å². The largest absolute Gasteiger partial charge is 0.493 e. The molecule has 0 aliphatic rings. The molecule has 0 saturated heterocycles. The molecule has 4 rings (SSSR count). The molecule has 0 aliphatic heterocycles.